The van der Waals surface area contributed by atoms with E-state index in [0.29, 0.717) is 5.56 Å². The summed E-state index contributed by atoms with van der Waals surface area (Å²) in [7, 11) is -4.05. The van der Waals surface area contributed by atoms with Crippen LogP contribution in [0.5, 0.6) is 0 Å². The number of ether oxygens (including phenoxy) is 2. The van der Waals surface area contributed by atoms with E-state index in [2.05, 4.69) is 5.32 Å². The molecular formula is C24H32NO7P. The number of nitrogens with one attached hydrogen (secondary N) is 1. The highest BCUT2D eigenvalue weighted by atomic mass is 31.2. The molecule has 1 N–H and O–H groups in total. The molecule has 0 aromatic heterocycles. The van der Waals surface area contributed by atoms with Crippen LogP contribution in [-0.2, 0) is 23.1 Å². The summed E-state index contributed by atoms with van der Waals surface area (Å²) in [6.45, 7) is 8.57. The first kappa shape index (κ1) is 26.6. The number of hydrogen-bond donors (Lipinski definition) is 1. The molecule has 0 aliphatic rings. The van der Waals surface area contributed by atoms with Crippen LogP contribution in [0.1, 0.15) is 56.6 Å². The van der Waals surface area contributed by atoms with E-state index in [9.17, 15) is 14.2 Å². The molecule has 9 heteroatoms. The average molecular weight is 477 g/mol. The average Bonchev–Trinajstić information content (AvgIpc) is 2.76. The van der Waals surface area contributed by atoms with Crippen LogP contribution < -0.4 is 5.32 Å². The Balaban J connectivity index is 2.54. The third kappa shape index (κ3) is 8.00. The van der Waals surface area contributed by atoms with E-state index in [4.69, 9.17) is 18.5 Å². The van der Waals surface area contributed by atoms with Crippen LogP contribution in [0.2, 0.25) is 0 Å². The van der Waals surface area contributed by atoms with Gasteiger partial charge in [0.05, 0.1) is 18.8 Å². The molecule has 0 spiro atoms. The van der Waals surface area contributed by atoms with Gasteiger partial charge in [-0.15, -0.1) is 0 Å². The Hall–Kier alpha value is -2.67. The molecule has 0 aliphatic carbocycles. The molecule has 0 aliphatic heterocycles. The predicted octanol–water partition coefficient (Wildman–Crippen LogP) is 5.70. The first-order chi connectivity index (χ1) is 15.6. The fourth-order valence-electron chi connectivity index (χ4n) is 3.03. The molecule has 0 saturated carbocycles. The first-order valence-electron chi connectivity index (χ1n) is 10.8. The van der Waals surface area contributed by atoms with Gasteiger partial charge in [0.1, 0.15) is 11.6 Å². The van der Waals surface area contributed by atoms with Gasteiger partial charge in [0.15, 0.2) is 0 Å². The molecule has 0 saturated heterocycles. The lowest BCUT2D eigenvalue weighted by molar-refractivity contribution is 0.0224. The Kier molecular flexibility index (Phi) is 9.65. The predicted molar refractivity (Wildman–Crippen MR) is 125 cm³/mol. The number of alkyl carbamates (subject to hydrolysis) is 1. The zero-order valence-corrected chi connectivity index (χ0v) is 20.5. The molecule has 2 rings (SSSR count). The third-order valence-corrected chi connectivity index (χ3v) is 6.55. The summed E-state index contributed by atoms with van der Waals surface area (Å²) in [6, 6.07) is 15.9. The van der Waals surface area contributed by atoms with Crippen molar-refractivity contribution >= 4 is 19.7 Å². The molecule has 0 bridgehead atoms. The maximum atomic E-state index is 13.8. The Bertz CT molecular complexity index is 934. The van der Waals surface area contributed by atoms with E-state index in [1.165, 1.54) is 0 Å². The van der Waals surface area contributed by atoms with E-state index in [1.807, 2.05) is 0 Å². The Morgan fingerprint density at radius 1 is 0.909 bits per heavy atom. The monoisotopic (exact) mass is 477 g/mol. The highest BCUT2D eigenvalue weighted by Gasteiger charge is 2.46. The van der Waals surface area contributed by atoms with Crippen molar-refractivity contribution in [2.24, 2.45) is 0 Å². The summed E-state index contributed by atoms with van der Waals surface area (Å²) in [5.74, 6) is -2.20. The molecule has 0 unspecified atom stereocenters. The number of carbonyl (C=O) groups excluding carboxylic acids is 2. The van der Waals surface area contributed by atoms with Crippen molar-refractivity contribution in [2.75, 3.05) is 13.2 Å². The van der Waals surface area contributed by atoms with Gasteiger partial charge in [-0.05, 0) is 52.3 Å². The summed E-state index contributed by atoms with van der Waals surface area (Å²) in [4.78, 5) is 25.7. The van der Waals surface area contributed by atoms with E-state index in [0.717, 1.165) is 0 Å². The quantitative estimate of drug-likeness (QED) is 0.346. The molecule has 2 aromatic carbocycles. The van der Waals surface area contributed by atoms with Crippen LogP contribution in [0.15, 0.2) is 60.7 Å². The lowest BCUT2D eigenvalue weighted by atomic mass is 10.1. The molecule has 1 amide bonds. The van der Waals surface area contributed by atoms with Gasteiger partial charge in [-0.3, -0.25) is 4.57 Å². The van der Waals surface area contributed by atoms with E-state index in [1.54, 1.807) is 95.3 Å². The summed E-state index contributed by atoms with van der Waals surface area (Å²) >= 11 is 0. The fourth-order valence-corrected chi connectivity index (χ4v) is 4.95. The van der Waals surface area contributed by atoms with Gasteiger partial charge in [-0.2, -0.15) is 0 Å². The largest absolute Gasteiger partial charge is 0.444 e. The second kappa shape index (κ2) is 12.0. The van der Waals surface area contributed by atoms with E-state index in [-0.39, 0.29) is 18.8 Å². The molecule has 2 atom stereocenters. The number of rotatable bonds is 10. The van der Waals surface area contributed by atoms with Crippen LogP contribution in [0, 0.1) is 0 Å². The molecule has 0 heterocycles. The van der Waals surface area contributed by atoms with Crippen molar-refractivity contribution in [3.8, 4) is 0 Å². The summed E-state index contributed by atoms with van der Waals surface area (Å²) in [5, 5.41) is 2.70. The third-order valence-electron chi connectivity index (χ3n) is 4.28. The standard InChI is InChI=1S/C24H32NO7P/c1-6-29-33(28,30-7-2)22(31-21(26)19-16-12-9-13-17-19)20(18-14-10-8-11-15-18)25-23(27)32-24(3,4)5/h8-17,20,22H,6-7H2,1-5H3,(H,25,27)/t20-,22-/m0/s1. The molecule has 0 radical (unpaired) electrons. The maximum Gasteiger partial charge on any atom is 0.408 e. The van der Waals surface area contributed by atoms with Gasteiger partial charge in [0.25, 0.3) is 0 Å². The van der Waals surface area contributed by atoms with Gasteiger partial charge >= 0.3 is 19.7 Å². The van der Waals surface area contributed by atoms with Crippen LogP contribution >= 0.6 is 7.60 Å². The van der Waals surface area contributed by atoms with Crippen LogP contribution in [-0.4, -0.2) is 36.7 Å². The lowest BCUT2D eigenvalue weighted by Gasteiger charge is -2.33. The fraction of sp³-hybridized carbons (Fsp3) is 0.417. The van der Waals surface area contributed by atoms with Crippen molar-refractivity contribution in [1.29, 1.82) is 0 Å². The number of amides is 1. The summed E-state index contributed by atoms with van der Waals surface area (Å²) < 4.78 is 36.0. The number of carbonyl (C=O) groups is 2. The van der Waals surface area contributed by atoms with Gasteiger partial charge < -0.3 is 23.8 Å². The summed E-state index contributed by atoms with van der Waals surface area (Å²) in [5.41, 5.74) is 0.0189. The molecule has 0 fully saturated rings. The zero-order chi connectivity index (χ0) is 24.5. The molecule has 180 valence electrons. The van der Waals surface area contributed by atoms with Crippen molar-refractivity contribution in [3.05, 3.63) is 71.8 Å². The Morgan fingerprint density at radius 3 is 1.91 bits per heavy atom. The van der Waals surface area contributed by atoms with Crippen molar-refractivity contribution in [2.45, 2.75) is 52.1 Å². The maximum absolute atomic E-state index is 13.8. The van der Waals surface area contributed by atoms with Gasteiger partial charge in [-0.1, -0.05) is 48.5 Å². The van der Waals surface area contributed by atoms with Crippen LogP contribution in [0.4, 0.5) is 4.79 Å². The number of hydrogen-bond acceptors (Lipinski definition) is 7. The minimum atomic E-state index is -4.05. The SMILES string of the molecule is CCOP(=O)(OCC)[C@H](OC(=O)c1ccccc1)[C@@H](NC(=O)OC(C)(C)C)c1ccccc1. The molecule has 33 heavy (non-hydrogen) atoms. The van der Waals surface area contributed by atoms with Gasteiger partial charge in [-0.25, -0.2) is 9.59 Å². The highest BCUT2D eigenvalue weighted by molar-refractivity contribution is 7.54. The Labute approximate surface area is 195 Å². The topological polar surface area (TPSA) is 100 Å². The minimum Gasteiger partial charge on any atom is -0.444 e. The normalized spacial score (nSPS) is 13.6. The van der Waals surface area contributed by atoms with Crippen molar-refractivity contribution < 1.29 is 32.7 Å². The lowest BCUT2D eigenvalue weighted by Crippen LogP contribution is -2.41. The molecular weight excluding hydrogens is 445 g/mol. The van der Waals surface area contributed by atoms with Crippen molar-refractivity contribution in [1.82, 2.24) is 5.32 Å². The van der Waals surface area contributed by atoms with Crippen LogP contribution in [0.3, 0.4) is 0 Å². The number of esters is 1. The second-order valence-corrected chi connectivity index (χ2v) is 10.2. The smallest absolute Gasteiger partial charge is 0.408 e. The second-order valence-electron chi connectivity index (χ2n) is 8.07. The van der Waals surface area contributed by atoms with E-state index < -0.39 is 37.1 Å². The molecule has 2 aromatic rings. The summed E-state index contributed by atoms with van der Waals surface area (Å²) in [6.07, 6.45) is -0.767. The molecule has 8 nitrogen and oxygen atoms in total. The minimum absolute atomic E-state index is 0.0462. The first-order valence-corrected chi connectivity index (χ1v) is 12.4. The number of benzene rings is 2. The van der Waals surface area contributed by atoms with E-state index >= 15 is 0 Å². The van der Waals surface area contributed by atoms with Crippen molar-refractivity contribution in [3.63, 3.8) is 0 Å². The zero-order valence-electron chi connectivity index (χ0n) is 19.6. The van der Waals surface area contributed by atoms with Gasteiger partial charge in [0.2, 0.25) is 5.85 Å². The Morgan fingerprint density at radius 2 is 1.42 bits per heavy atom. The highest BCUT2D eigenvalue weighted by Crippen LogP contribution is 2.57. The van der Waals surface area contributed by atoms with Gasteiger partial charge in [0, 0.05) is 0 Å². The van der Waals surface area contributed by atoms with Crippen LogP contribution in [0.25, 0.3) is 0 Å².